The van der Waals surface area contributed by atoms with Crippen molar-refractivity contribution in [1.82, 2.24) is 0 Å². The van der Waals surface area contributed by atoms with Crippen molar-refractivity contribution in [2.24, 2.45) is 0 Å². The first-order valence-corrected chi connectivity index (χ1v) is 10.6. The highest BCUT2D eigenvalue weighted by Crippen LogP contribution is 2.28. The summed E-state index contributed by atoms with van der Waals surface area (Å²) < 4.78 is 26.6. The minimum absolute atomic E-state index is 0.163. The maximum absolute atomic E-state index is 13.2. The number of aromatic nitrogens is 1. The number of pyridine rings is 1. The number of thiocarbonyl (C=S) groups is 1. The second-order valence-corrected chi connectivity index (χ2v) is 8.23. The predicted molar refractivity (Wildman–Crippen MR) is 121 cm³/mol. The van der Waals surface area contributed by atoms with E-state index in [9.17, 15) is 13.9 Å². The van der Waals surface area contributed by atoms with Crippen LogP contribution in [0, 0.1) is 0 Å². The van der Waals surface area contributed by atoms with E-state index in [2.05, 4.69) is 5.32 Å². The largest absolute Gasteiger partial charge is 0.867 e. The third-order valence-corrected chi connectivity index (χ3v) is 5.68. The van der Waals surface area contributed by atoms with Gasteiger partial charge >= 0.3 is 0 Å². The monoisotopic (exact) mass is 482 g/mol. The van der Waals surface area contributed by atoms with Gasteiger partial charge in [0.2, 0.25) is 5.70 Å². The smallest absolute Gasteiger partial charge is 0.288 e. The molecule has 30 heavy (non-hydrogen) atoms. The van der Waals surface area contributed by atoms with Crippen molar-refractivity contribution in [2.45, 2.75) is 10.7 Å². The summed E-state index contributed by atoms with van der Waals surface area (Å²) in [5.41, 5.74) is 1.09. The third kappa shape index (κ3) is 5.70. The number of rotatable bonds is 6. The van der Waals surface area contributed by atoms with Gasteiger partial charge < -0.3 is 10.4 Å². The minimum Gasteiger partial charge on any atom is -0.867 e. The fourth-order valence-electron chi connectivity index (χ4n) is 2.57. The zero-order valence-electron chi connectivity index (χ0n) is 15.2. The van der Waals surface area contributed by atoms with Gasteiger partial charge in [-0.3, -0.25) is 0 Å². The lowest BCUT2D eigenvalue weighted by Gasteiger charge is -2.17. The lowest BCUT2D eigenvalue weighted by molar-refractivity contribution is -0.577. The molecule has 0 amide bonds. The van der Waals surface area contributed by atoms with E-state index < -0.39 is 5.76 Å². The van der Waals surface area contributed by atoms with Gasteiger partial charge in [-0.05, 0) is 47.7 Å². The van der Waals surface area contributed by atoms with Crippen molar-refractivity contribution < 1.29 is 18.5 Å². The van der Waals surface area contributed by atoms with Crippen LogP contribution in [0.15, 0.2) is 78.0 Å². The van der Waals surface area contributed by atoms with E-state index >= 15 is 0 Å². The molecule has 2 aromatic carbocycles. The molecule has 0 aliphatic carbocycles. The summed E-state index contributed by atoms with van der Waals surface area (Å²) in [4.78, 5) is 0.589. The number of nitrogens with zero attached hydrogens (tertiary/aromatic N) is 1. The van der Waals surface area contributed by atoms with Crippen molar-refractivity contribution in [3.63, 3.8) is 0 Å². The Hall–Kier alpha value is -2.19. The lowest BCUT2D eigenvalue weighted by Crippen LogP contribution is -2.39. The molecule has 0 radical (unpaired) electrons. The quantitative estimate of drug-likeness (QED) is 0.160. The second-order valence-electron chi connectivity index (χ2n) is 5.95. The molecule has 0 saturated heterocycles. The van der Waals surface area contributed by atoms with Gasteiger partial charge in [0.1, 0.15) is 0 Å². The molecule has 1 heterocycles. The molecule has 0 aliphatic heterocycles. The molecule has 154 valence electrons. The van der Waals surface area contributed by atoms with Crippen LogP contribution < -0.4 is 15.0 Å². The van der Waals surface area contributed by atoms with Gasteiger partial charge in [-0.15, -0.1) is 0 Å². The van der Waals surface area contributed by atoms with Gasteiger partial charge in [0, 0.05) is 22.7 Å². The molecule has 3 rings (SSSR count). The Morgan fingerprint density at radius 2 is 1.67 bits per heavy atom. The Balaban J connectivity index is 1.96. The van der Waals surface area contributed by atoms with E-state index in [1.54, 1.807) is 65.5 Å². The summed E-state index contributed by atoms with van der Waals surface area (Å²) in [6.45, 7) is 0. The highest BCUT2D eigenvalue weighted by molar-refractivity contribution is 7.99. The molecule has 0 aliphatic rings. The van der Waals surface area contributed by atoms with Gasteiger partial charge in [-0.1, -0.05) is 59.3 Å². The molecule has 3 nitrogen and oxygen atoms in total. The van der Waals surface area contributed by atoms with Crippen LogP contribution in [0.5, 0.6) is 0 Å². The zero-order chi connectivity index (χ0) is 21.7. The summed E-state index contributed by atoms with van der Waals surface area (Å²) in [5, 5.41) is 16.8. The number of anilines is 1. The molecule has 0 fully saturated rings. The Bertz CT molecular complexity index is 1080. The first kappa shape index (κ1) is 22.5. The normalized spacial score (nSPS) is 11.9. The molecule has 0 unspecified atom stereocenters. The molecule has 0 saturated carbocycles. The molecule has 0 atom stereocenters. The van der Waals surface area contributed by atoms with Crippen LogP contribution in [0.4, 0.5) is 14.5 Å². The van der Waals surface area contributed by atoms with Gasteiger partial charge in [-0.25, -0.2) is 0 Å². The van der Waals surface area contributed by atoms with Gasteiger partial charge in [0.15, 0.2) is 17.4 Å². The molecule has 0 spiro atoms. The molecule has 9 heteroatoms. The van der Waals surface area contributed by atoms with Crippen molar-refractivity contribution in [3.8, 4) is 0 Å². The Labute approximate surface area is 192 Å². The van der Waals surface area contributed by atoms with Crippen LogP contribution in [-0.4, -0.2) is 10.7 Å². The summed E-state index contributed by atoms with van der Waals surface area (Å²) in [7, 11) is 0. The standard InChI is InChI=1S/C21H14Cl2F2N2OS2/c22-16-9-4-13(12-17(16)23)19(28)18(27-10-2-1-3-11-27)20(29)26-14-5-7-15(8-6-14)30-21(24)25/h1-12,21H,(H-,26,28,29). The van der Waals surface area contributed by atoms with Crippen molar-refractivity contribution in [1.29, 1.82) is 0 Å². The minimum atomic E-state index is -2.50. The van der Waals surface area contributed by atoms with E-state index in [-0.39, 0.29) is 21.5 Å². The van der Waals surface area contributed by atoms with Crippen LogP contribution in [0.1, 0.15) is 5.56 Å². The van der Waals surface area contributed by atoms with Crippen LogP contribution >= 0.6 is 47.2 Å². The Morgan fingerprint density at radius 1 is 1.00 bits per heavy atom. The summed E-state index contributed by atoms with van der Waals surface area (Å²) in [6, 6.07) is 16.3. The average Bonchev–Trinajstić information content (AvgIpc) is 2.72. The van der Waals surface area contributed by atoms with Gasteiger partial charge in [0.25, 0.3) is 5.76 Å². The van der Waals surface area contributed by atoms with Crippen LogP contribution in [0.2, 0.25) is 10.0 Å². The van der Waals surface area contributed by atoms with Gasteiger partial charge in [0.05, 0.1) is 10.0 Å². The zero-order valence-corrected chi connectivity index (χ0v) is 18.3. The fourth-order valence-corrected chi connectivity index (χ4v) is 3.68. The summed E-state index contributed by atoms with van der Waals surface area (Å²) >= 11 is 18.0. The SMILES string of the molecule is [O-]/C(=C(\C(=S)Nc1ccc(SC(F)F)cc1)[n+]1ccccc1)c1ccc(Cl)c(Cl)c1. The van der Waals surface area contributed by atoms with Crippen LogP contribution in [-0.2, 0) is 0 Å². The van der Waals surface area contributed by atoms with E-state index in [1.165, 1.54) is 6.07 Å². The number of nitrogens with one attached hydrogen (secondary N) is 1. The number of hydrogen-bond donors (Lipinski definition) is 1. The van der Waals surface area contributed by atoms with Gasteiger partial charge in [-0.2, -0.15) is 13.3 Å². The highest BCUT2D eigenvalue weighted by atomic mass is 35.5. The number of thioether (sulfide) groups is 1. The summed E-state index contributed by atoms with van der Waals surface area (Å²) in [6.07, 6.45) is 3.39. The highest BCUT2D eigenvalue weighted by Gasteiger charge is 2.19. The van der Waals surface area contributed by atoms with Crippen molar-refractivity contribution in [2.75, 3.05) is 5.32 Å². The number of benzene rings is 2. The third-order valence-electron chi connectivity index (χ3n) is 3.92. The molecular formula is C21H14Cl2F2N2OS2. The Kier molecular flexibility index (Phi) is 7.66. The van der Waals surface area contributed by atoms with Crippen molar-refractivity contribution in [3.05, 3.63) is 88.7 Å². The number of halogens is 4. The van der Waals surface area contributed by atoms with E-state index in [0.29, 0.717) is 32.9 Å². The maximum Gasteiger partial charge on any atom is 0.288 e. The lowest BCUT2D eigenvalue weighted by atomic mass is 10.1. The molecule has 0 bridgehead atoms. The second kappa shape index (κ2) is 10.2. The molecular weight excluding hydrogens is 469 g/mol. The van der Waals surface area contributed by atoms with E-state index in [0.717, 1.165) is 0 Å². The topological polar surface area (TPSA) is 39.0 Å². The first-order valence-electron chi connectivity index (χ1n) is 8.55. The van der Waals surface area contributed by atoms with Crippen LogP contribution in [0.3, 0.4) is 0 Å². The van der Waals surface area contributed by atoms with E-state index in [1.807, 2.05) is 6.07 Å². The average molecular weight is 483 g/mol. The van der Waals surface area contributed by atoms with E-state index in [4.69, 9.17) is 35.4 Å². The molecule has 3 aromatic rings. The number of hydrogen-bond acceptors (Lipinski definition) is 3. The number of alkyl halides is 2. The van der Waals surface area contributed by atoms with Crippen LogP contribution in [0.25, 0.3) is 11.5 Å². The predicted octanol–water partition coefficient (Wildman–Crippen LogP) is 5.72. The fraction of sp³-hybridized carbons (Fsp3) is 0.0476. The summed E-state index contributed by atoms with van der Waals surface area (Å²) in [5.74, 6) is -2.85. The van der Waals surface area contributed by atoms with Crippen molar-refractivity contribution >= 4 is 69.3 Å². The first-order chi connectivity index (χ1) is 14.3. The molecule has 1 aromatic heterocycles. The molecule has 1 N–H and O–H groups in total. The maximum atomic E-state index is 13.2. The Morgan fingerprint density at radius 3 is 2.27 bits per heavy atom.